The molecule has 0 saturated carbocycles. The van der Waals surface area contributed by atoms with Gasteiger partial charge in [0, 0.05) is 10.9 Å². The molecule has 0 radical (unpaired) electrons. The first-order valence-electron chi connectivity index (χ1n) is 7.51. The second-order valence-electron chi connectivity index (χ2n) is 5.20. The molecule has 3 aromatic rings. The summed E-state index contributed by atoms with van der Waals surface area (Å²) in [5.41, 5.74) is 3.02. The van der Waals surface area contributed by atoms with Gasteiger partial charge >= 0.3 is 0 Å². The first-order valence-corrected chi connectivity index (χ1v) is 8.27. The Balaban J connectivity index is 1.59. The number of hydrazone groups is 1. The average Bonchev–Trinajstić information content (AvgIpc) is 2.63. The Hall–Kier alpha value is -2.56. The molecule has 6 heteroatoms. The zero-order valence-corrected chi connectivity index (χ0v) is 14.6. The van der Waals surface area contributed by atoms with Crippen molar-refractivity contribution in [3.8, 4) is 5.75 Å². The summed E-state index contributed by atoms with van der Waals surface area (Å²) in [4.78, 5) is 11.9. The van der Waals surface area contributed by atoms with E-state index >= 15 is 0 Å². The molecule has 1 N–H and O–H groups in total. The monoisotopic (exact) mass is 372 g/mol. The third-order valence-electron chi connectivity index (χ3n) is 3.48. The molecule has 126 valence electrons. The van der Waals surface area contributed by atoms with E-state index in [1.807, 2.05) is 42.5 Å². The van der Waals surface area contributed by atoms with Crippen LogP contribution in [-0.2, 0) is 4.79 Å². The fraction of sp³-hybridized carbons (Fsp3) is 0.0526. The summed E-state index contributed by atoms with van der Waals surface area (Å²) < 4.78 is 5.59. The molecule has 25 heavy (non-hydrogen) atoms. The van der Waals surface area contributed by atoms with E-state index in [0.29, 0.717) is 21.4 Å². The van der Waals surface area contributed by atoms with E-state index in [9.17, 15) is 4.79 Å². The molecule has 0 aliphatic carbocycles. The Kier molecular flexibility index (Phi) is 5.53. The number of fused-ring (bicyclic) bond motifs is 1. The molecule has 0 fully saturated rings. The topological polar surface area (TPSA) is 50.7 Å². The number of ether oxygens (including phenoxy) is 1. The molecule has 4 nitrogen and oxygen atoms in total. The maximum Gasteiger partial charge on any atom is 0.277 e. The third-order valence-corrected chi connectivity index (χ3v) is 4.32. The number of halogens is 2. The number of benzene rings is 3. The molecule has 3 aromatic carbocycles. The minimum Gasteiger partial charge on any atom is -0.483 e. The molecular formula is C19H14Cl2N2O2. The molecule has 0 spiro atoms. The summed E-state index contributed by atoms with van der Waals surface area (Å²) in [5.74, 6) is 0.275. The van der Waals surface area contributed by atoms with Crippen LogP contribution in [0, 0.1) is 0 Å². The summed E-state index contributed by atoms with van der Waals surface area (Å²) in [6, 6.07) is 18.7. The van der Waals surface area contributed by atoms with E-state index in [1.165, 1.54) is 6.21 Å². The molecule has 0 aliphatic rings. The van der Waals surface area contributed by atoms with Crippen LogP contribution in [0.3, 0.4) is 0 Å². The number of carbonyl (C=O) groups excluding carboxylic acids is 1. The van der Waals surface area contributed by atoms with Crippen LogP contribution in [0.5, 0.6) is 5.75 Å². The number of nitrogens with one attached hydrogen (secondary N) is 1. The minimum atomic E-state index is -0.373. The van der Waals surface area contributed by atoms with E-state index in [1.54, 1.807) is 18.2 Å². The fourth-order valence-corrected chi connectivity index (χ4v) is 2.65. The van der Waals surface area contributed by atoms with Gasteiger partial charge in [0.15, 0.2) is 6.61 Å². The van der Waals surface area contributed by atoms with Crippen LogP contribution >= 0.6 is 23.2 Å². The largest absolute Gasteiger partial charge is 0.483 e. The lowest BCUT2D eigenvalue weighted by Gasteiger charge is -2.08. The van der Waals surface area contributed by atoms with Gasteiger partial charge in [-0.3, -0.25) is 4.79 Å². The molecule has 1 amide bonds. The van der Waals surface area contributed by atoms with Crippen molar-refractivity contribution in [2.75, 3.05) is 6.61 Å². The van der Waals surface area contributed by atoms with Crippen LogP contribution in [0.25, 0.3) is 10.8 Å². The molecule has 0 atom stereocenters. The Morgan fingerprint density at radius 2 is 1.80 bits per heavy atom. The highest BCUT2D eigenvalue weighted by atomic mass is 35.5. The molecule has 0 saturated heterocycles. The van der Waals surface area contributed by atoms with Gasteiger partial charge in [0.1, 0.15) is 5.75 Å². The number of nitrogens with zero attached hydrogens (tertiary/aromatic N) is 1. The molecule has 0 aliphatic heterocycles. The molecule has 0 bridgehead atoms. The summed E-state index contributed by atoms with van der Waals surface area (Å²) in [6.45, 7) is -0.144. The Morgan fingerprint density at radius 3 is 2.68 bits per heavy atom. The normalized spacial score (nSPS) is 11.0. The van der Waals surface area contributed by atoms with Crippen molar-refractivity contribution in [2.45, 2.75) is 0 Å². The standard InChI is InChI=1S/C19H14Cl2N2O2/c20-16-9-3-7-14(19(16)21)11-22-23-18(24)12-25-17-10-4-6-13-5-1-2-8-15(13)17/h1-11H,12H2,(H,23,24). The second kappa shape index (κ2) is 8.01. The number of hydrogen-bond acceptors (Lipinski definition) is 3. The number of amides is 1. The van der Waals surface area contributed by atoms with E-state index in [2.05, 4.69) is 10.5 Å². The summed E-state index contributed by atoms with van der Waals surface area (Å²) in [7, 11) is 0. The van der Waals surface area contributed by atoms with Gasteiger partial charge in [0.2, 0.25) is 0 Å². The van der Waals surface area contributed by atoms with Crippen molar-refractivity contribution in [3.63, 3.8) is 0 Å². The van der Waals surface area contributed by atoms with Crippen molar-refractivity contribution >= 4 is 46.1 Å². The minimum absolute atomic E-state index is 0.144. The van der Waals surface area contributed by atoms with Gasteiger partial charge in [0.05, 0.1) is 16.3 Å². The van der Waals surface area contributed by atoms with Crippen LogP contribution in [0.15, 0.2) is 65.8 Å². The predicted molar refractivity (Wildman–Crippen MR) is 102 cm³/mol. The fourth-order valence-electron chi connectivity index (χ4n) is 2.29. The Morgan fingerprint density at radius 1 is 1.04 bits per heavy atom. The van der Waals surface area contributed by atoms with Gasteiger partial charge in [-0.1, -0.05) is 71.7 Å². The zero-order valence-electron chi connectivity index (χ0n) is 13.1. The van der Waals surface area contributed by atoms with E-state index < -0.39 is 0 Å². The van der Waals surface area contributed by atoms with Crippen LogP contribution in [-0.4, -0.2) is 18.7 Å². The van der Waals surface area contributed by atoms with Crippen LogP contribution in [0.2, 0.25) is 10.0 Å². The maximum absolute atomic E-state index is 11.9. The van der Waals surface area contributed by atoms with Gasteiger partial charge in [-0.2, -0.15) is 5.10 Å². The van der Waals surface area contributed by atoms with Gasteiger partial charge < -0.3 is 4.74 Å². The lowest BCUT2D eigenvalue weighted by molar-refractivity contribution is -0.123. The SMILES string of the molecule is O=C(COc1cccc2ccccc12)NN=Cc1cccc(Cl)c1Cl. The van der Waals surface area contributed by atoms with Crippen LogP contribution in [0.1, 0.15) is 5.56 Å². The first kappa shape index (κ1) is 17.3. The van der Waals surface area contributed by atoms with E-state index in [-0.39, 0.29) is 12.5 Å². The lowest BCUT2D eigenvalue weighted by atomic mass is 10.1. The van der Waals surface area contributed by atoms with E-state index in [0.717, 1.165) is 10.8 Å². The second-order valence-corrected chi connectivity index (χ2v) is 5.99. The van der Waals surface area contributed by atoms with Crippen molar-refractivity contribution in [1.82, 2.24) is 5.43 Å². The molecule has 3 rings (SSSR count). The number of rotatable bonds is 5. The Labute approximate surface area is 155 Å². The first-order chi connectivity index (χ1) is 12.1. The van der Waals surface area contributed by atoms with Crippen molar-refractivity contribution in [2.24, 2.45) is 5.10 Å². The number of carbonyl (C=O) groups is 1. The Bertz CT molecular complexity index is 936. The van der Waals surface area contributed by atoms with Crippen molar-refractivity contribution in [1.29, 1.82) is 0 Å². The predicted octanol–water partition coefficient (Wildman–Crippen LogP) is 4.68. The smallest absolute Gasteiger partial charge is 0.277 e. The highest BCUT2D eigenvalue weighted by Crippen LogP contribution is 2.25. The summed E-state index contributed by atoms with van der Waals surface area (Å²) in [5, 5.41) is 6.68. The van der Waals surface area contributed by atoms with Gasteiger partial charge in [-0.25, -0.2) is 5.43 Å². The quantitative estimate of drug-likeness (QED) is 0.522. The van der Waals surface area contributed by atoms with Gasteiger partial charge in [-0.15, -0.1) is 0 Å². The van der Waals surface area contributed by atoms with Gasteiger partial charge in [0.25, 0.3) is 5.91 Å². The lowest BCUT2D eigenvalue weighted by Crippen LogP contribution is -2.24. The molecule has 0 aromatic heterocycles. The summed E-state index contributed by atoms with van der Waals surface area (Å²) in [6.07, 6.45) is 1.43. The number of hydrogen-bond donors (Lipinski definition) is 1. The zero-order chi connectivity index (χ0) is 17.6. The molecular weight excluding hydrogens is 359 g/mol. The van der Waals surface area contributed by atoms with Crippen LogP contribution < -0.4 is 10.2 Å². The highest BCUT2D eigenvalue weighted by molar-refractivity contribution is 6.43. The van der Waals surface area contributed by atoms with Crippen LogP contribution in [0.4, 0.5) is 0 Å². The van der Waals surface area contributed by atoms with E-state index in [4.69, 9.17) is 27.9 Å². The maximum atomic E-state index is 11.9. The van der Waals surface area contributed by atoms with Crippen molar-refractivity contribution in [3.05, 3.63) is 76.3 Å². The van der Waals surface area contributed by atoms with Gasteiger partial charge in [-0.05, 0) is 17.5 Å². The summed E-state index contributed by atoms with van der Waals surface area (Å²) >= 11 is 12.0. The van der Waals surface area contributed by atoms with Crippen molar-refractivity contribution < 1.29 is 9.53 Å². The molecule has 0 heterocycles. The third kappa shape index (κ3) is 4.29. The highest BCUT2D eigenvalue weighted by Gasteiger charge is 2.05. The molecule has 0 unspecified atom stereocenters. The average molecular weight is 373 g/mol.